The molecule has 2 N–H and O–H groups in total. The summed E-state index contributed by atoms with van der Waals surface area (Å²) in [5, 5.41) is 6.61. The van der Waals surface area contributed by atoms with E-state index in [-0.39, 0.29) is 11.4 Å². The maximum Gasteiger partial charge on any atom is 0.222 e. The second kappa shape index (κ2) is 7.78. The minimum absolute atomic E-state index is 0.0623. The van der Waals surface area contributed by atoms with Crippen LogP contribution < -0.4 is 10.6 Å². The van der Waals surface area contributed by atoms with Gasteiger partial charge in [0.2, 0.25) is 5.91 Å². The normalized spacial score (nSPS) is 20.4. The molecule has 0 aromatic carbocycles. The third-order valence-electron chi connectivity index (χ3n) is 4.33. The van der Waals surface area contributed by atoms with Crippen LogP contribution in [0.5, 0.6) is 0 Å². The highest BCUT2D eigenvalue weighted by atomic mass is 16.1. The predicted octanol–water partition coefficient (Wildman–Crippen LogP) is 2.99. The van der Waals surface area contributed by atoms with E-state index < -0.39 is 0 Å². The SMILES string of the molecule is CCCC(CC)NC(=O)CC1(NC)CCCCC1. The van der Waals surface area contributed by atoms with Crippen LogP contribution in [0.15, 0.2) is 0 Å². The Labute approximate surface area is 112 Å². The molecule has 1 aliphatic carbocycles. The first-order valence-electron chi connectivity index (χ1n) is 7.64. The number of rotatable bonds is 7. The average molecular weight is 254 g/mol. The van der Waals surface area contributed by atoms with Crippen LogP contribution >= 0.6 is 0 Å². The molecule has 1 amide bonds. The van der Waals surface area contributed by atoms with Gasteiger partial charge in [-0.2, -0.15) is 0 Å². The highest BCUT2D eigenvalue weighted by molar-refractivity contribution is 5.77. The third kappa shape index (κ3) is 4.60. The van der Waals surface area contributed by atoms with Crippen molar-refractivity contribution in [1.82, 2.24) is 10.6 Å². The summed E-state index contributed by atoms with van der Waals surface area (Å²) in [6, 6.07) is 0.361. The lowest BCUT2D eigenvalue weighted by Gasteiger charge is -2.37. The number of carbonyl (C=O) groups is 1. The van der Waals surface area contributed by atoms with Crippen molar-refractivity contribution < 1.29 is 4.79 Å². The molecule has 1 rings (SSSR count). The molecule has 0 saturated heterocycles. The van der Waals surface area contributed by atoms with E-state index in [0.717, 1.165) is 32.1 Å². The fourth-order valence-electron chi connectivity index (χ4n) is 3.06. The monoisotopic (exact) mass is 254 g/mol. The Kier molecular flexibility index (Phi) is 6.69. The second-order valence-electron chi connectivity index (χ2n) is 5.73. The van der Waals surface area contributed by atoms with Crippen LogP contribution in [-0.4, -0.2) is 24.5 Å². The molecule has 106 valence electrons. The highest BCUT2D eigenvalue weighted by Gasteiger charge is 2.32. The molecule has 1 atom stereocenters. The summed E-state index contributed by atoms with van der Waals surface area (Å²) in [4.78, 5) is 12.2. The standard InChI is InChI=1S/C15H30N2O/c1-4-9-13(5-2)17-14(18)12-15(16-3)10-7-6-8-11-15/h13,16H,4-12H2,1-3H3,(H,17,18). The Morgan fingerprint density at radius 3 is 2.39 bits per heavy atom. The van der Waals surface area contributed by atoms with Gasteiger partial charge >= 0.3 is 0 Å². The molecule has 0 heterocycles. The van der Waals surface area contributed by atoms with Crippen molar-refractivity contribution in [2.75, 3.05) is 7.05 Å². The average Bonchev–Trinajstić information content (AvgIpc) is 2.39. The number of hydrogen-bond acceptors (Lipinski definition) is 2. The third-order valence-corrected chi connectivity index (χ3v) is 4.33. The van der Waals surface area contributed by atoms with Gasteiger partial charge in [0.25, 0.3) is 0 Å². The summed E-state index contributed by atoms with van der Waals surface area (Å²) in [7, 11) is 2.00. The van der Waals surface area contributed by atoms with Gasteiger partial charge in [-0.25, -0.2) is 0 Å². The Balaban J connectivity index is 2.45. The fraction of sp³-hybridized carbons (Fsp3) is 0.933. The van der Waals surface area contributed by atoms with Crippen molar-refractivity contribution in [2.24, 2.45) is 0 Å². The summed E-state index contributed by atoms with van der Waals surface area (Å²) in [6.07, 6.45) is 10.0. The van der Waals surface area contributed by atoms with Crippen LogP contribution in [0.2, 0.25) is 0 Å². The molecule has 1 fully saturated rings. The predicted molar refractivity (Wildman–Crippen MR) is 76.6 cm³/mol. The van der Waals surface area contributed by atoms with E-state index >= 15 is 0 Å². The summed E-state index contributed by atoms with van der Waals surface area (Å²) in [5.74, 6) is 0.228. The first-order valence-corrected chi connectivity index (χ1v) is 7.64. The Bertz CT molecular complexity index is 247. The van der Waals surface area contributed by atoms with Crippen molar-refractivity contribution in [1.29, 1.82) is 0 Å². The number of carbonyl (C=O) groups excluding carboxylic acids is 1. The quantitative estimate of drug-likeness (QED) is 0.733. The molecule has 18 heavy (non-hydrogen) atoms. The van der Waals surface area contributed by atoms with Crippen molar-refractivity contribution in [3.8, 4) is 0 Å². The van der Waals surface area contributed by atoms with Crippen LogP contribution in [0.4, 0.5) is 0 Å². The van der Waals surface area contributed by atoms with Gasteiger partial charge in [-0.3, -0.25) is 4.79 Å². The zero-order valence-electron chi connectivity index (χ0n) is 12.3. The van der Waals surface area contributed by atoms with Crippen LogP contribution in [0.3, 0.4) is 0 Å². The molecule has 0 radical (unpaired) electrons. The topological polar surface area (TPSA) is 41.1 Å². The molecule has 1 aliphatic rings. The van der Waals surface area contributed by atoms with Gasteiger partial charge < -0.3 is 10.6 Å². The zero-order chi connectivity index (χ0) is 13.4. The molecule has 0 aliphatic heterocycles. The zero-order valence-corrected chi connectivity index (χ0v) is 12.3. The summed E-state index contributed by atoms with van der Waals surface area (Å²) in [5.41, 5.74) is 0.0623. The fourth-order valence-corrected chi connectivity index (χ4v) is 3.06. The first-order chi connectivity index (χ1) is 8.65. The van der Waals surface area contributed by atoms with Crippen molar-refractivity contribution in [3.63, 3.8) is 0 Å². The van der Waals surface area contributed by atoms with E-state index in [9.17, 15) is 4.79 Å². The molecular formula is C15H30N2O. The summed E-state index contributed by atoms with van der Waals surface area (Å²) in [6.45, 7) is 4.32. The van der Waals surface area contributed by atoms with E-state index in [1.54, 1.807) is 0 Å². The molecule has 3 heteroatoms. The van der Waals surface area contributed by atoms with E-state index in [0.29, 0.717) is 12.5 Å². The second-order valence-corrected chi connectivity index (χ2v) is 5.73. The van der Waals surface area contributed by atoms with E-state index in [1.807, 2.05) is 7.05 Å². The highest BCUT2D eigenvalue weighted by Crippen LogP contribution is 2.30. The van der Waals surface area contributed by atoms with Gasteiger partial charge in [-0.05, 0) is 32.7 Å². The maximum atomic E-state index is 12.2. The molecule has 3 nitrogen and oxygen atoms in total. The largest absolute Gasteiger partial charge is 0.353 e. The molecular weight excluding hydrogens is 224 g/mol. The van der Waals surface area contributed by atoms with Gasteiger partial charge in [-0.15, -0.1) is 0 Å². The van der Waals surface area contributed by atoms with E-state index in [1.165, 1.54) is 19.3 Å². The molecule has 0 bridgehead atoms. The van der Waals surface area contributed by atoms with E-state index in [2.05, 4.69) is 24.5 Å². The van der Waals surface area contributed by atoms with Crippen LogP contribution in [0, 0.1) is 0 Å². The molecule has 0 spiro atoms. The first kappa shape index (κ1) is 15.5. The van der Waals surface area contributed by atoms with Crippen molar-refractivity contribution in [2.45, 2.75) is 83.2 Å². The summed E-state index contributed by atoms with van der Waals surface area (Å²) < 4.78 is 0. The van der Waals surface area contributed by atoms with Crippen LogP contribution in [0.25, 0.3) is 0 Å². The summed E-state index contributed by atoms with van der Waals surface area (Å²) >= 11 is 0. The molecule has 0 aromatic rings. The lowest BCUT2D eigenvalue weighted by molar-refractivity contribution is -0.123. The lowest BCUT2D eigenvalue weighted by Crippen LogP contribution is -2.49. The van der Waals surface area contributed by atoms with Gasteiger partial charge in [0.05, 0.1) is 0 Å². The molecule has 1 unspecified atom stereocenters. The molecule has 1 saturated carbocycles. The van der Waals surface area contributed by atoms with Crippen LogP contribution in [-0.2, 0) is 4.79 Å². The minimum Gasteiger partial charge on any atom is -0.353 e. The van der Waals surface area contributed by atoms with Gasteiger partial charge in [-0.1, -0.05) is 39.5 Å². The van der Waals surface area contributed by atoms with Gasteiger partial charge in [0.15, 0.2) is 0 Å². The Morgan fingerprint density at radius 2 is 1.89 bits per heavy atom. The van der Waals surface area contributed by atoms with Crippen molar-refractivity contribution in [3.05, 3.63) is 0 Å². The van der Waals surface area contributed by atoms with Crippen LogP contribution in [0.1, 0.15) is 71.6 Å². The Morgan fingerprint density at radius 1 is 1.22 bits per heavy atom. The van der Waals surface area contributed by atoms with Crippen molar-refractivity contribution >= 4 is 5.91 Å². The molecule has 0 aromatic heterocycles. The van der Waals surface area contributed by atoms with Gasteiger partial charge in [0, 0.05) is 18.0 Å². The number of hydrogen-bond donors (Lipinski definition) is 2. The smallest absolute Gasteiger partial charge is 0.222 e. The Hall–Kier alpha value is -0.570. The lowest BCUT2D eigenvalue weighted by atomic mass is 9.79. The number of amides is 1. The minimum atomic E-state index is 0.0623. The van der Waals surface area contributed by atoms with Gasteiger partial charge in [0.1, 0.15) is 0 Å². The number of nitrogens with one attached hydrogen (secondary N) is 2. The van der Waals surface area contributed by atoms with E-state index in [4.69, 9.17) is 0 Å². The maximum absolute atomic E-state index is 12.2.